The van der Waals surface area contributed by atoms with Gasteiger partial charge in [0.05, 0.1) is 30.4 Å². The minimum Gasteiger partial charge on any atom is -0.468 e. The molecule has 1 aromatic carbocycles. The van der Waals surface area contributed by atoms with Crippen molar-refractivity contribution >= 4 is 44.0 Å². The number of pyridine rings is 1. The van der Waals surface area contributed by atoms with Gasteiger partial charge < -0.3 is 14.4 Å². The van der Waals surface area contributed by atoms with Crippen molar-refractivity contribution in [3.05, 3.63) is 28.9 Å². The summed E-state index contributed by atoms with van der Waals surface area (Å²) in [6.07, 6.45) is 2.29. The molecule has 1 aliphatic rings. The van der Waals surface area contributed by atoms with Gasteiger partial charge in [0.1, 0.15) is 11.1 Å². The summed E-state index contributed by atoms with van der Waals surface area (Å²) in [6.45, 7) is 6.81. The second kappa shape index (κ2) is 6.92. The van der Waals surface area contributed by atoms with Crippen LogP contribution in [0.5, 0.6) is 6.01 Å². The number of methoxy groups -OCH3 is 1. The summed E-state index contributed by atoms with van der Waals surface area (Å²) in [5.41, 5.74) is 2.13. The first-order valence-corrected chi connectivity index (χ1v) is 10.0. The van der Waals surface area contributed by atoms with Gasteiger partial charge in [-0.3, -0.25) is 9.55 Å². The number of rotatable bonds is 2. The molecule has 0 aliphatic carbocycles. The molecular weight excluding hydrogens is 424 g/mol. The predicted octanol–water partition coefficient (Wildman–Crippen LogP) is 4.54. The van der Waals surface area contributed by atoms with Crippen LogP contribution < -0.4 is 4.74 Å². The van der Waals surface area contributed by atoms with Crippen LogP contribution >= 0.6 is 15.9 Å². The Morgan fingerprint density at radius 3 is 2.79 bits per heavy atom. The van der Waals surface area contributed by atoms with Gasteiger partial charge in [0.25, 0.3) is 6.01 Å². The molecule has 0 bridgehead atoms. The highest BCUT2D eigenvalue weighted by molar-refractivity contribution is 9.10. The van der Waals surface area contributed by atoms with Crippen LogP contribution in [0.2, 0.25) is 0 Å². The summed E-state index contributed by atoms with van der Waals surface area (Å²) in [4.78, 5) is 23.4. The van der Waals surface area contributed by atoms with E-state index < -0.39 is 5.60 Å². The van der Waals surface area contributed by atoms with Crippen molar-refractivity contribution in [1.29, 1.82) is 0 Å². The van der Waals surface area contributed by atoms with Gasteiger partial charge in [-0.1, -0.05) is 15.9 Å². The maximum absolute atomic E-state index is 12.5. The summed E-state index contributed by atoms with van der Waals surface area (Å²) < 4.78 is 14.2. The molecule has 1 aliphatic heterocycles. The second-order valence-corrected chi connectivity index (χ2v) is 8.91. The Kier molecular flexibility index (Phi) is 4.69. The van der Waals surface area contributed by atoms with Crippen LogP contribution in [0.25, 0.3) is 21.9 Å². The number of nitrogens with zero attached hydrogens (tertiary/aromatic N) is 4. The van der Waals surface area contributed by atoms with Crippen LogP contribution in [0.3, 0.4) is 0 Å². The number of imidazole rings is 1. The molecular formula is C20H23BrN4O3. The van der Waals surface area contributed by atoms with E-state index in [0.717, 1.165) is 32.8 Å². The van der Waals surface area contributed by atoms with Crippen molar-refractivity contribution in [2.75, 3.05) is 20.2 Å². The zero-order valence-corrected chi connectivity index (χ0v) is 18.0. The summed E-state index contributed by atoms with van der Waals surface area (Å²) in [5.74, 6) is 0. The third kappa shape index (κ3) is 3.41. The standard InChI is InChI=1S/C20H23BrN4O3/c1-20(2,3)28-19(26)24-8-7-13(11-24)25-17-14-9-12(21)5-6-15(14)22-10-16(17)23-18(25)27-4/h5-6,9-10,13H,7-8,11H2,1-4H3/t13-/m1/s1. The molecule has 148 valence electrons. The van der Waals surface area contributed by atoms with Gasteiger partial charge in [0.2, 0.25) is 0 Å². The molecule has 0 saturated carbocycles. The maximum Gasteiger partial charge on any atom is 0.410 e. The Balaban J connectivity index is 1.76. The average molecular weight is 447 g/mol. The molecule has 0 spiro atoms. The zero-order valence-electron chi connectivity index (χ0n) is 16.4. The number of amides is 1. The number of hydrogen-bond donors (Lipinski definition) is 0. The minimum absolute atomic E-state index is 0.0528. The smallest absolute Gasteiger partial charge is 0.410 e. The first kappa shape index (κ1) is 19.0. The number of hydrogen-bond acceptors (Lipinski definition) is 5. The molecule has 4 rings (SSSR count). The number of ether oxygens (including phenoxy) is 2. The van der Waals surface area contributed by atoms with Crippen LogP contribution in [0.1, 0.15) is 33.2 Å². The Bertz CT molecular complexity index is 1060. The van der Waals surface area contributed by atoms with E-state index in [2.05, 4.69) is 30.5 Å². The first-order chi connectivity index (χ1) is 13.3. The van der Waals surface area contributed by atoms with E-state index in [1.807, 2.05) is 39.0 Å². The summed E-state index contributed by atoms with van der Waals surface area (Å²) in [6, 6.07) is 6.57. The van der Waals surface area contributed by atoms with E-state index in [1.165, 1.54) is 0 Å². The molecule has 3 heterocycles. The second-order valence-electron chi connectivity index (χ2n) is 7.99. The lowest BCUT2D eigenvalue weighted by atomic mass is 10.1. The quantitative estimate of drug-likeness (QED) is 0.577. The number of carbonyl (C=O) groups is 1. The molecule has 0 unspecified atom stereocenters. The number of fused-ring (bicyclic) bond motifs is 3. The van der Waals surface area contributed by atoms with Crippen molar-refractivity contribution < 1.29 is 14.3 Å². The molecule has 1 amide bonds. The first-order valence-electron chi connectivity index (χ1n) is 9.25. The highest BCUT2D eigenvalue weighted by Gasteiger charge is 2.33. The van der Waals surface area contributed by atoms with E-state index in [1.54, 1.807) is 18.2 Å². The highest BCUT2D eigenvalue weighted by Crippen LogP contribution is 2.35. The van der Waals surface area contributed by atoms with Gasteiger partial charge in [-0.2, -0.15) is 4.98 Å². The van der Waals surface area contributed by atoms with Crippen molar-refractivity contribution in [3.63, 3.8) is 0 Å². The fourth-order valence-corrected chi connectivity index (χ4v) is 4.02. The van der Waals surface area contributed by atoms with Gasteiger partial charge in [-0.05, 0) is 45.4 Å². The lowest BCUT2D eigenvalue weighted by Gasteiger charge is -2.24. The molecule has 28 heavy (non-hydrogen) atoms. The summed E-state index contributed by atoms with van der Waals surface area (Å²) in [7, 11) is 1.61. The van der Waals surface area contributed by atoms with Crippen LogP contribution in [0.4, 0.5) is 4.79 Å². The number of likely N-dealkylation sites (tertiary alicyclic amines) is 1. The molecule has 1 fully saturated rings. The van der Waals surface area contributed by atoms with Gasteiger partial charge in [-0.25, -0.2) is 4.79 Å². The third-order valence-corrected chi connectivity index (χ3v) is 5.30. The SMILES string of the molecule is COc1nc2cnc3ccc(Br)cc3c2n1[C@@H]1CCN(C(=O)OC(C)(C)C)C1. The van der Waals surface area contributed by atoms with E-state index in [4.69, 9.17) is 9.47 Å². The molecule has 1 saturated heterocycles. The van der Waals surface area contributed by atoms with Crippen LogP contribution in [0.15, 0.2) is 28.9 Å². The molecule has 7 nitrogen and oxygen atoms in total. The predicted molar refractivity (Wildman–Crippen MR) is 111 cm³/mol. The Morgan fingerprint density at radius 2 is 2.07 bits per heavy atom. The lowest BCUT2D eigenvalue weighted by Crippen LogP contribution is -2.35. The topological polar surface area (TPSA) is 69.5 Å². The Labute approximate surface area is 171 Å². The monoisotopic (exact) mass is 446 g/mol. The molecule has 0 radical (unpaired) electrons. The normalized spacial score (nSPS) is 17.5. The highest BCUT2D eigenvalue weighted by atomic mass is 79.9. The largest absolute Gasteiger partial charge is 0.468 e. The fraction of sp³-hybridized carbons (Fsp3) is 0.450. The van der Waals surface area contributed by atoms with Gasteiger partial charge >= 0.3 is 6.09 Å². The van der Waals surface area contributed by atoms with E-state index in [0.29, 0.717) is 19.1 Å². The molecule has 3 aromatic rings. The van der Waals surface area contributed by atoms with Gasteiger partial charge in [0, 0.05) is 22.9 Å². The maximum atomic E-state index is 12.5. The van der Waals surface area contributed by atoms with Crippen LogP contribution in [0, 0.1) is 0 Å². The summed E-state index contributed by atoms with van der Waals surface area (Å²) in [5, 5.41) is 0.999. The lowest BCUT2D eigenvalue weighted by molar-refractivity contribution is 0.0288. The molecule has 1 atom stereocenters. The van der Waals surface area contributed by atoms with Crippen LogP contribution in [-0.4, -0.2) is 51.3 Å². The van der Waals surface area contributed by atoms with Crippen LogP contribution in [-0.2, 0) is 4.74 Å². The average Bonchev–Trinajstić information content (AvgIpc) is 3.24. The van der Waals surface area contributed by atoms with Gasteiger partial charge in [-0.15, -0.1) is 0 Å². The fourth-order valence-electron chi connectivity index (χ4n) is 3.66. The minimum atomic E-state index is -0.511. The Hall–Kier alpha value is -2.35. The molecule has 8 heteroatoms. The number of carbonyl (C=O) groups excluding carboxylic acids is 1. The van der Waals surface area contributed by atoms with Crippen molar-refractivity contribution in [1.82, 2.24) is 19.4 Å². The molecule has 2 aromatic heterocycles. The summed E-state index contributed by atoms with van der Waals surface area (Å²) >= 11 is 3.55. The zero-order chi connectivity index (χ0) is 20.1. The van der Waals surface area contributed by atoms with E-state index in [9.17, 15) is 4.79 Å². The number of benzene rings is 1. The number of halogens is 1. The van der Waals surface area contributed by atoms with E-state index in [-0.39, 0.29) is 12.1 Å². The number of aromatic nitrogens is 3. The third-order valence-electron chi connectivity index (χ3n) is 4.81. The van der Waals surface area contributed by atoms with Gasteiger partial charge in [0.15, 0.2) is 0 Å². The van der Waals surface area contributed by atoms with Crippen molar-refractivity contribution in [2.45, 2.75) is 38.8 Å². The Morgan fingerprint density at radius 1 is 1.29 bits per heavy atom. The van der Waals surface area contributed by atoms with E-state index >= 15 is 0 Å². The van der Waals surface area contributed by atoms with Crippen molar-refractivity contribution in [2.24, 2.45) is 0 Å². The molecule has 0 N–H and O–H groups in total. The van der Waals surface area contributed by atoms with Crippen molar-refractivity contribution in [3.8, 4) is 6.01 Å².